The van der Waals surface area contributed by atoms with Crippen LogP contribution in [0, 0.1) is 6.92 Å². The molecule has 2 rings (SSSR count). The van der Waals surface area contributed by atoms with E-state index in [1.54, 1.807) is 0 Å². The van der Waals surface area contributed by atoms with Crippen LogP contribution in [-0.4, -0.2) is 22.3 Å². The monoisotopic (exact) mass is 237 g/mol. The van der Waals surface area contributed by atoms with Gasteiger partial charge in [-0.1, -0.05) is 6.42 Å². The molecule has 0 bridgehead atoms. The van der Waals surface area contributed by atoms with Gasteiger partial charge in [-0.05, 0) is 32.4 Å². The van der Waals surface area contributed by atoms with Crippen molar-refractivity contribution in [2.45, 2.75) is 38.4 Å². The Labute approximate surface area is 101 Å². The minimum atomic E-state index is 0.506. The van der Waals surface area contributed by atoms with Gasteiger partial charge in [-0.15, -0.1) is 0 Å². The molecule has 88 valence electrons. The van der Waals surface area contributed by atoms with Crippen LogP contribution in [0.1, 0.15) is 43.0 Å². The van der Waals surface area contributed by atoms with Gasteiger partial charge in [0.25, 0.3) is 0 Å². The molecule has 1 aliphatic rings. The van der Waals surface area contributed by atoms with E-state index in [0.717, 1.165) is 23.9 Å². The molecule has 1 fully saturated rings. The van der Waals surface area contributed by atoms with Crippen molar-refractivity contribution in [3.63, 3.8) is 0 Å². The molecule has 1 saturated heterocycles. The first kappa shape index (κ1) is 11.7. The highest BCUT2D eigenvalue weighted by Crippen LogP contribution is 2.36. The second-order valence-corrected chi connectivity index (χ2v) is 5.45. The molecule has 1 N–H and O–H groups in total. The molecule has 0 radical (unpaired) electrons. The fraction of sp³-hybridized carbons (Fsp3) is 0.667. The van der Waals surface area contributed by atoms with Crippen LogP contribution >= 0.6 is 11.8 Å². The number of anilines is 1. The Morgan fingerprint density at radius 1 is 1.44 bits per heavy atom. The van der Waals surface area contributed by atoms with Crippen LogP contribution in [0.3, 0.4) is 0 Å². The molecule has 4 heteroatoms. The van der Waals surface area contributed by atoms with Crippen LogP contribution in [0.5, 0.6) is 0 Å². The van der Waals surface area contributed by atoms with Crippen molar-refractivity contribution >= 4 is 17.6 Å². The van der Waals surface area contributed by atoms with E-state index in [1.807, 2.05) is 24.8 Å². The molecule has 2 heterocycles. The number of nitrogens with one attached hydrogen (secondary N) is 1. The molecule has 1 unspecified atom stereocenters. The van der Waals surface area contributed by atoms with E-state index < -0.39 is 0 Å². The van der Waals surface area contributed by atoms with E-state index in [4.69, 9.17) is 0 Å². The maximum Gasteiger partial charge on any atom is 0.143 e. The maximum atomic E-state index is 4.60. The molecule has 0 spiro atoms. The summed E-state index contributed by atoms with van der Waals surface area (Å²) in [6.45, 7) is 5.04. The lowest BCUT2D eigenvalue weighted by atomic mass is 10.2. The summed E-state index contributed by atoms with van der Waals surface area (Å²) in [4.78, 5) is 9.17. The Morgan fingerprint density at radius 2 is 2.31 bits per heavy atom. The van der Waals surface area contributed by atoms with Gasteiger partial charge in [0, 0.05) is 18.3 Å². The van der Waals surface area contributed by atoms with E-state index in [2.05, 4.69) is 22.2 Å². The van der Waals surface area contributed by atoms with Gasteiger partial charge in [0.1, 0.15) is 11.6 Å². The van der Waals surface area contributed by atoms with Crippen molar-refractivity contribution in [2.75, 3.05) is 17.6 Å². The van der Waals surface area contributed by atoms with E-state index in [9.17, 15) is 0 Å². The standard InChI is InChI=1S/C12H19N3S/c1-3-13-11-8-9(2)14-12(15-11)10-6-4-5-7-16-10/h8,10H,3-7H2,1-2H3,(H,13,14,15). The number of thioether (sulfide) groups is 1. The van der Waals surface area contributed by atoms with Gasteiger partial charge in [-0.2, -0.15) is 11.8 Å². The van der Waals surface area contributed by atoms with E-state index in [-0.39, 0.29) is 0 Å². The summed E-state index contributed by atoms with van der Waals surface area (Å²) in [5.74, 6) is 3.23. The zero-order valence-corrected chi connectivity index (χ0v) is 10.8. The second-order valence-electron chi connectivity index (χ2n) is 4.14. The summed E-state index contributed by atoms with van der Waals surface area (Å²) in [6, 6.07) is 2.01. The van der Waals surface area contributed by atoms with Gasteiger partial charge < -0.3 is 5.32 Å². The van der Waals surface area contributed by atoms with Gasteiger partial charge in [0.05, 0.1) is 5.25 Å². The summed E-state index contributed by atoms with van der Waals surface area (Å²) in [7, 11) is 0. The summed E-state index contributed by atoms with van der Waals surface area (Å²) in [5, 5.41) is 3.77. The molecular formula is C12H19N3S. The molecular weight excluding hydrogens is 218 g/mol. The number of aryl methyl sites for hydroxylation is 1. The minimum Gasteiger partial charge on any atom is -0.370 e. The second kappa shape index (κ2) is 5.53. The molecule has 0 aliphatic carbocycles. The fourth-order valence-corrected chi connectivity index (χ4v) is 3.19. The van der Waals surface area contributed by atoms with Crippen LogP contribution in [0.4, 0.5) is 5.82 Å². The average molecular weight is 237 g/mol. The predicted molar refractivity (Wildman–Crippen MR) is 70.0 cm³/mol. The van der Waals surface area contributed by atoms with Crippen LogP contribution in [-0.2, 0) is 0 Å². The number of nitrogens with zero attached hydrogens (tertiary/aromatic N) is 2. The van der Waals surface area contributed by atoms with E-state index in [0.29, 0.717) is 5.25 Å². The molecule has 0 saturated carbocycles. The Hall–Kier alpha value is -0.770. The van der Waals surface area contributed by atoms with Crippen LogP contribution in [0.2, 0.25) is 0 Å². The van der Waals surface area contributed by atoms with Crippen LogP contribution in [0.15, 0.2) is 6.07 Å². The first-order chi connectivity index (χ1) is 7.79. The van der Waals surface area contributed by atoms with E-state index in [1.165, 1.54) is 25.0 Å². The van der Waals surface area contributed by atoms with Crippen molar-refractivity contribution in [1.29, 1.82) is 0 Å². The molecule has 1 aromatic rings. The Kier molecular flexibility index (Phi) is 4.04. The lowest BCUT2D eigenvalue weighted by molar-refractivity contribution is 0.660. The number of hydrogen-bond acceptors (Lipinski definition) is 4. The Balaban J connectivity index is 2.18. The highest BCUT2D eigenvalue weighted by atomic mass is 32.2. The van der Waals surface area contributed by atoms with Gasteiger partial charge in [0.2, 0.25) is 0 Å². The first-order valence-electron chi connectivity index (χ1n) is 6.00. The maximum absolute atomic E-state index is 4.60. The smallest absolute Gasteiger partial charge is 0.143 e. The lowest BCUT2D eigenvalue weighted by Gasteiger charge is -2.20. The quantitative estimate of drug-likeness (QED) is 0.876. The highest BCUT2D eigenvalue weighted by molar-refractivity contribution is 7.99. The third-order valence-corrected chi connectivity index (χ3v) is 4.07. The summed E-state index contributed by atoms with van der Waals surface area (Å²) >= 11 is 2.00. The first-order valence-corrected chi connectivity index (χ1v) is 7.05. The zero-order valence-electron chi connectivity index (χ0n) is 9.99. The number of rotatable bonds is 3. The largest absolute Gasteiger partial charge is 0.370 e. The third kappa shape index (κ3) is 2.88. The van der Waals surface area contributed by atoms with Crippen molar-refractivity contribution in [3.05, 3.63) is 17.6 Å². The zero-order chi connectivity index (χ0) is 11.4. The normalized spacial score (nSPS) is 20.8. The molecule has 16 heavy (non-hydrogen) atoms. The average Bonchev–Trinajstić information content (AvgIpc) is 2.30. The minimum absolute atomic E-state index is 0.506. The fourth-order valence-electron chi connectivity index (χ4n) is 1.95. The van der Waals surface area contributed by atoms with Gasteiger partial charge in [-0.3, -0.25) is 0 Å². The van der Waals surface area contributed by atoms with Crippen molar-refractivity contribution in [2.24, 2.45) is 0 Å². The van der Waals surface area contributed by atoms with Gasteiger partial charge in [0.15, 0.2) is 0 Å². The van der Waals surface area contributed by atoms with Crippen molar-refractivity contribution < 1.29 is 0 Å². The van der Waals surface area contributed by atoms with Gasteiger partial charge in [-0.25, -0.2) is 9.97 Å². The van der Waals surface area contributed by atoms with Crippen molar-refractivity contribution in [3.8, 4) is 0 Å². The van der Waals surface area contributed by atoms with Crippen LogP contribution in [0.25, 0.3) is 0 Å². The predicted octanol–water partition coefficient (Wildman–Crippen LogP) is 3.18. The molecule has 0 aromatic carbocycles. The molecule has 1 aliphatic heterocycles. The topological polar surface area (TPSA) is 37.8 Å². The summed E-state index contributed by atoms with van der Waals surface area (Å²) in [5.41, 5.74) is 1.06. The number of aromatic nitrogens is 2. The Morgan fingerprint density at radius 3 is 3.00 bits per heavy atom. The molecule has 3 nitrogen and oxygen atoms in total. The molecule has 1 aromatic heterocycles. The summed E-state index contributed by atoms with van der Waals surface area (Å²) in [6.07, 6.45) is 3.87. The van der Waals surface area contributed by atoms with Gasteiger partial charge >= 0.3 is 0 Å². The SMILES string of the molecule is CCNc1cc(C)nc(C2CCCCS2)n1. The summed E-state index contributed by atoms with van der Waals surface area (Å²) < 4.78 is 0. The molecule has 0 amide bonds. The van der Waals surface area contributed by atoms with Crippen LogP contribution < -0.4 is 5.32 Å². The number of hydrogen-bond donors (Lipinski definition) is 1. The van der Waals surface area contributed by atoms with E-state index >= 15 is 0 Å². The highest BCUT2D eigenvalue weighted by Gasteiger charge is 2.19. The molecule has 1 atom stereocenters. The Bertz CT molecular complexity index is 348. The third-order valence-electron chi connectivity index (χ3n) is 2.70. The van der Waals surface area contributed by atoms with Crippen molar-refractivity contribution in [1.82, 2.24) is 9.97 Å². The lowest BCUT2D eigenvalue weighted by Crippen LogP contribution is -2.10.